The van der Waals surface area contributed by atoms with E-state index in [0.717, 1.165) is 5.56 Å². The highest BCUT2D eigenvalue weighted by Crippen LogP contribution is 2.18. The third-order valence-electron chi connectivity index (χ3n) is 5.03. The lowest BCUT2D eigenvalue weighted by Gasteiger charge is -2.20. The number of hydrogen-bond donors (Lipinski definition) is 2. The largest absolute Gasteiger partial charge is 0.390 e. The Labute approximate surface area is 165 Å². The van der Waals surface area contributed by atoms with Crippen molar-refractivity contribution in [2.45, 2.75) is 64.0 Å². The smallest absolute Gasteiger partial charge is 0.137 e. The molecule has 0 saturated carbocycles. The summed E-state index contributed by atoms with van der Waals surface area (Å²) in [5.41, 5.74) is 4.57. The SMILES string of the molecule is CC[Si](C#CC[C@@H](O)COCCOC[C@@H](O)Cc1ccccc1)(CC)CC. The number of aliphatic hydroxyl groups is 2. The zero-order valence-electron chi connectivity index (χ0n) is 17.1. The molecule has 152 valence electrons. The van der Waals surface area contributed by atoms with E-state index in [2.05, 4.69) is 32.2 Å². The van der Waals surface area contributed by atoms with Crippen LogP contribution in [0.2, 0.25) is 18.1 Å². The molecule has 1 aromatic carbocycles. The number of benzene rings is 1. The first-order valence-electron chi connectivity index (χ1n) is 10.1. The second-order valence-electron chi connectivity index (χ2n) is 6.99. The Bertz CT molecular complexity index is 540. The molecular formula is C22H36O4Si. The first-order chi connectivity index (χ1) is 13.0. The highest BCUT2D eigenvalue weighted by molar-refractivity contribution is 6.87. The van der Waals surface area contributed by atoms with Gasteiger partial charge in [-0.1, -0.05) is 51.1 Å². The second kappa shape index (κ2) is 13.9. The predicted octanol–water partition coefficient (Wildman–Crippen LogP) is 3.43. The quantitative estimate of drug-likeness (QED) is 0.307. The Hall–Kier alpha value is -1.16. The van der Waals surface area contributed by atoms with Gasteiger partial charge in [0, 0.05) is 12.8 Å². The number of ether oxygens (including phenoxy) is 2. The maximum atomic E-state index is 9.98. The lowest BCUT2D eigenvalue weighted by atomic mass is 10.1. The maximum Gasteiger partial charge on any atom is 0.137 e. The summed E-state index contributed by atoms with van der Waals surface area (Å²) in [7, 11) is -1.43. The monoisotopic (exact) mass is 392 g/mol. The fourth-order valence-electron chi connectivity index (χ4n) is 2.93. The normalized spacial score (nSPS) is 13.7. The molecule has 4 nitrogen and oxygen atoms in total. The fourth-order valence-corrected chi connectivity index (χ4v) is 5.44. The summed E-state index contributed by atoms with van der Waals surface area (Å²) in [4.78, 5) is 0. The molecular weight excluding hydrogens is 356 g/mol. The highest BCUT2D eigenvalue weighted by Gasteiger charge is 2.24. The van der Waals surface area contributed by atoms with Gasteiger partial charge in [-0.25, -0.2) is 0 Å². The Morgan fingerprint density at radius 1 is 0.889 bits per heavy atom. The first kappa shape index (κ1) is 23.9. The topological polar surface area (TPSA) is 58.9 Å². The molecule has 2 atom stereocenters. The summed E-state index contributed by atoms with van der Waals surface area (Å²) in [6.07, 6.45) is -0.0328. The molecule has 0 bridgehead atoms. The van der Waals surface area contributed by atoms with Gasteiger partial charge in [-0.3, -0.25) is 0 Å². The standard InChI is InChI=1S/C22H36O4Si/c1-4-27(5-2,6-3)16-10-13-21(23)18-25-14-15-26-19-22(24)17-20-11-8-7-9-12-20/h7-9,11-12,21-24H,4-6,13-15,17-19H2,1-3H3/t21-,22+/m1/s1. The van der Waals surface area contributed by atoms with Crippen LogP contribution in [0.4, 0.5) is 0 Å². The van der Waals surface area contributed by atoms with Gasteiger partial charge in [0.05, 0.1) is 38.6 Å². The van der Waals surface area contributed by atoms with E-state index in [1.54, 1.807) is 0 Å². The van der Waals surface area contributed by atoms with Crippen molar-refractivity contribution in [1.29, 1.82) is 0 Å². The molecule has 0 fully saturated rings. The third kappa shape index (κ3) is 10.1. The third-order valence-corrected chi connectivity index (χ3v) is 9.80. The van der Waals surface area contributed by atoms with E-state index < -0.39 is 20.3 Å². The van der Waals surface area contributed by atoms with Crippen LogP contribution >= 0.6 is 0 Å². The van der Waals surface area contributed by atoms with Crippen LogP contribution in [0, 0.1) is 11.5 Å². The van der Waals surface area contributed by atoms with Crippen molar-refractivity contribution >= 4 is 8.07 Å². The van der Waals surface area contributed by atoms with Crippen LogP contribution in [0.15, 0.2) is 30.3 Å². The molecule has 0 heterocycles. The van der Waals surface area contributed by atoms with Crippen LogP contribution in [0.3, 0.4) is 0 Å². The van der Waals surface area contributed by atoms with Crippen molar-refractivity contribution in [3.63, 3.8) is 0 Å². The van der Waals surface area contributed by atoms with E-state index in [1.165, 1.54) is 18.1 Å². The minimum absolute atomic E-state index is 0.267. The van der Waals surface area contributed by atoms with Crippen molar-refractivity contribution in [2.24, 2.45) is 0 Å². The van der Waals surface area contributed by atoms with Crippen LogP contribution in [0.25, 0.3) is 0 Å². The Morgan fingerprint density at radius 3 is 2.00 bits per heavy atom. The number of aliphatic hydroxyl groups excluding tert-OH is 2. The Balaban J connectivity index is 2.11. The molecule has 0 radical (unpaired) electrons. The average molecular weight is 393 g/mol. The molecule has 0 aliphatic heterocycles. The minimum Gasteiger partial charge on any atom is -0.390 e. The van der Waals surface area contributed by atoms with Crippen LogP contribution in [0.1, 0.15) is 32.8 Å². The number of hydrogen-bond acceptors (Lipinski definition) is 4. The van der Waals surface area contributed by atoms with Crippen molar-refractivity contribution in [3.05, 3.63) is 35.9 Å². The second-order valence-corrected chi connectivity index (χ2v) is 11.9. The summed E-state index contributed by atoms with van der Waals surface area (Å²) >= 11 is 0. The van der Waals surface area contributed by atoms with E-state index >= 15 is 0 Å². The van der Waals surface area contributed by atoms with Crippen LogP contribution in [0.5, 0.6) is 0 Å². The summed E-state index contributed by atoms with van der Waals surface area (Å²) in [5, 5.41) is 19.9. The molecule has 0 spiro atoms. The maximum absolute atomic E-state index is 9.98. The highest BCUT2D eigenvalue weighted by atomic mass is 28.3. The van der Waals surface area contributed by atoms with Crippen molar-refractivity contribution < 1.29 is 19.7 Å². The zero-order valence-corrected chi connectivity index (χ0v) is 18.1. The molecule has 1 rings (SSSR count). The summed E-state index contributed by atoms with van der Waals surface area (Å²) in [6, 6.07) is 13.4. The summed E-state index contributed by atoms with van der Waals surface area (Å²) in [6.45, 7) is 8.04. The molecule has 0 unspecified atom stereocenters. The molecule has 5 heteroatoms. The van der Waals surface area contributed by atoms with Crippen molar-refractivity contribution in [1.82, 2.24) is 0 Å². The van der Waals surface area contributed by atoms with Crippen molar-refractivity contribution in [2.75, 3.05) is 26.4 Å². The van der Waals surface area contributed by atoms with E-state index in [-0.39, 0.29) is 13.2 Å². The van der Waals surface area contributed by atoms with E-state index in [4.69, 9.17) is 9.47 Å². The predicted molar refractivity (Wildman–Crippen MR) is 113 cm³/mol. The number of rotatable bonds is 13. The Kier molecular flexibility index (Phi) is 12.3. The lowest BCUT2D eigenvalue weighted by Crippen LogP contribution is -2.29. The van der Waals surface area contributed by atoms with E-state index in [0.29, 0.717) is 26.1 Å². The van der Waals surface area contributed by atoms with Gasteiger partial charge in [0.25, 0.3) is 0 Å². The molecule has 0 aliphatic carbocycles. The van der Waals surface area contributed by atoms with Gasteiger partial charge in [-0.2, -0.15) is 0 Å². The molecule has 0 amide bonds. The van der Waals surface area contributed by atoms with E-state index in [1.807, 2.05) is 30.3 Å². The van der Waals surface area contributed by atoms with Crippen molar-refractivity contribution in [3.8, 4) is 11.5 Å². The van der Waals surface area contributed by atoms with Gasteiger partial charge in [0.2, 0.25) is 0 Å². The average Bonchev–Trinajstić information content (AvgIpc) is 2.69. The molecule has 1 aromatic rings. The summed E-state index contributed by atoms with van der Waals surface area (Å²) in [5.74, 6) is 3.19. The van der Waals surface area contributed by atoms with Gasteiger partial charge >= 0.3 is 0 Å². The molecule has 0 aliphatic rings. The molecule has 0 aromatic heterocycles. The lowest BCUT2D eigenvalue weighted by molar-refractivity contribution is -0.0156. The first-order valence-corrected chi connectivity index (χ1v) is 12.7. The molecule has 2 N–H and O–H groups in total. The molecule has 27 heavy (non-hydrogen) atoms. The van der Waals surface area contributed by atoms with Crippen LogP contribution < -0.4 is 0 Å². The molecule has 0 saturated heterocycles. The van der Waals surface area contributed by atoms with Gasteiger partial charge in [-0.15, -0.1) is 11.5 Å². The van der Waals surface area contributed by atoms with Gasteiger partial charge in [0.15, 0.2) is 0 Å². The van der Waals surface area contributed by atoms with Gasteiger partial charge in [0.1, 0.15) is 8.07 Å². The Morgan fingerprint density at radius 2 is 1.44 bits per heavy atom. The summed E-state index contributed by atoms with van der Waals surface area (Å²) < 4.78 is 10.9. The fraction of sp³-hybridized carbons (Fsp3) is 0.636. The van der Waals surface area contributed by atoms with Gasteiger partial charge in [-0.05, 0) is 23.7 Å². The minimum atomic E-state index is -1.43. The van der Waals surface area contributed by atoms with E-state index in [9.17, 15) is 10.2 Å². The zero-order chi connectivity index (χ0) is 20.0. The van der Waals surface area contributed by atoms with Gasteiger partial charge < -0.3 is 19.7 Å². The van der Waals surface area contributed by atoms with Crippen LogP contribution in [-0.4, -0.2) is 56.9 Å². The van der Waals surface area contributed by atoms with Crippen LogP contribution in [-0.2, 0) is 15.9 Å².